The summed E-state index contributed by atoms with van der Waals surface area (Å²) in [5.74, 6) is -0.221. The number of benzene rings is 1. The Morgan fingerprint density at radius 2 is 1.71 bits per heavy atom. The van der Waals surface area contributed by atoms with Crippen LogP contribution in [-0.4, -0.2) is 33.3 Å². The zero-order valence-electron chi connectivity index (χ0n) is 16.7. The number of hydrogen-bond donors (Lipinski definition) is 1. The average Bonchev–Trinajstić information content (AvgIpc) is 3.08. The van der Waals surface area contributed by atoms with Crippen molar-refractivity contribution >= 4 is 18.2 Å². The lowest BCUT2D eigenvalue weighted by Crippen LogP contribution is -2.48. The van der Waals surface area contributed by atoms with Gasteiger partial charge in [-0.3, -0.25) is 4.79 Å². The highest BCUT2D eigenvalue weighted by Crippen LogP contribution is 2.33. The summed E-state index contributed by atoms with van der Waals surface area (Å²) in [6.07, 6.45) is 6.05. The monoisotopic (exact) mass is 378 g/mol. The number of imide groups is 1. The molecule has 1 aromatic carbocycles. The first kappa shape index (κ1) is 18.5. The molecule has 146 valence electrons. The third-order valence-electron chi connectivity index (χ3n) is 5.92. The van der Waals surface area contributed by atoms with E-state index < -0.39 is 11.6 Å². The first-order valence-electron chi connectivity index (χ1n) is 9.88. The molecule has 1 aliphatic carbocycles. The van der Waals surface area contributed by atoms with Gasteiger partial charge in [0.2, 0.25) is 0 Å². The molecule has 28 heavy (non-hydrogen) atoms. The molecule has 1 N–H and O–H groups in total. The first-order chi connectivity index (χ1) is 13.4. The van der Waals surface area contributed by atoms with Gasteiger partial charge in [-0.15, -0.1) is 5.01 Å². The number of urea groups is 1. The zero-order valence-corrected chi connectivity index (χ0v) is 16.7. The largest absolute Gasteiger partial charge is 0.346 e. The molecule has 1 saturated carbocycles. The van der Waals surface area contributed by atoms with Crippen LogP contribution in [0.4, 0.5) is 4.79 Å². The predicted octanol–water partition coefficient (Wildman–Crippen LogP) is 3.99. The number of aryl methyl sites for hydroxylation is 2. The molecular weight excluding hydrogens is 352 g/mol. The van der Waals surface area contributed by atoms with Crippen LogP contribution in [0.1, 0.15) is 54.6 Å². The Kier molecular flexibility index (Phi) is 4.57. The second kappa shape index (κ2) is 6.93. The molecule has 0 radical (unpaired) electrons. The highest BCUT2D eigenvalue weighted by molar-refractivity contribution is 6.07. The maximum absolute atomic E-state index is 12.8. The standard InChI is InChI=1S/C22H26N4O2/c1-15-7-9-19(10-8-15)25-16(2)13-18(17(25)3)14-23-26-20(27)22(24-21(26)28)11-5-4-6-12-22/h7-10,13-14H,4-6,11-12H2,1-3H3,(H,24,28)/b23-14-. The number of rotatable bonds is 3. The molecule has 0 bridgehead atoms. The van der Waals surface area contributed by atoms with E-state index in [1.165, 1.54) is 5.56 Å². The Morgan fingerprint density at radius 3 is 2.39 bits per heavy atom. The molecule has 0 unspecified atom stereocenters. The van der Waals surface area contributed by atoms with E-state index in [1.54, 1.807) is 6.21 Å². The lowest BCUT2D eigenvalue weighted by molar-refractivity contribution is -0.132. The lowest BCUT2D eigenvalue weighted by atomic mass is 9.82. The third-order valence-corrected chi connectivity index (χ3v) is 5.92. The van der Waals surface area contributed by atoms with Gasteiger partial charge < -0.3 is 9.88 Å². The van der Waals surface area contributed by atoms with E-state index in [0.29, 0.717) is 12.8 Å². The van der Waals surface area contributed by atoms with Gasteiger partial charge in [0.15, 0.2) is 0 Å². The van der Waals surface area contributed by atoms with Crippen molar-refractivity contribution in [3.8, 4) is 5.69 Å². The Hall–Kier alpha value is -2.89. The highest BCUT2D eigenvalue weighted by Gasteiger charge is 2.51. The molecule has 0 atom stereocenters. The number of carbonyl (C=O) groups excluding carboxylic acids is 2. The second-order valence-electron chi connectivity index (χ2n) is 7.93. The SMILES string of the molecule is Cc1ccc(-n2c(C)cc(/C=N\N3C(=O)NC4(CCCCC4)C3=O)c2C)cc1. The summed E-state index contributed by atoms with van der Waals surface area (Å²) in [7, 11) is 0. The fraction of sp³-hybridized carbons (Fsp3) is 0.409. The molecule has 1 spiro atoms. The zero-order chi connectivity index (χ0) is 19.9. The second-order valence-corrected chi connectivity index (χ2v) is 7.93. The molecule has 3 amide bonds. The first-order valence-corrected chi connectivity index (χ1v) is 9.88. The molecule has 6 nitrogen and oxygen atoms in total. The lowest BCUT2D eigenvalue weighted by Gasteiger charge is -2.29. The van der Waals surface area contributed by atoms with E-state index >= 15 is 0 Å². The summed E-state index contributed by atoms with van der Waals surface area (Å²) >= 11 is 0. The van der Waals surface area contributed by atoms with Gasteiger partial charge in [0.05, 0.1) is 6.21 Å². The topological polar surface area (TPSA) is 66.7 Å². The average molecular weight is 378 g/mol. The van der Waals surface area contributed by atoms with Crippen LogP contribution < -0.4 is 5.32 Å². The van der Waals surface area contributed by atoms with Crippen LogP contribution in [0.5, 0.6) is 0 Å². The van der Waals surface area contributed by atoms with Crippen LogP contribution in [-0.2, 0) is 4.79 Å². The van der Waals surface area contributed by atoms with Gasteiger partial charge in [0.1, 0.15) is 5.54 Å². The number of nitrogens with zero attached hydrogens (tertiary/aromatic N) is 3. The van der Waals surface area contributed by atoms with E-state index in [2.05, 4.69) is 46.2 Å². The molecule has 2 fully saturated rings. The van der Waals surface area contributed by atoms with Crippen LogP contribution in [0.25, 0.3) is 5.69 Å². The van der Waals surface area contributed by atoms with Crippen molar-refractivity contribution in [2.75, 3.05) is 0 Å². The number of amides is 3. The maximum Gasteiger partial charge on any atom is 0.346 e. The molecule has 6 heteroatoms. The molecule has 1 saturated heterocycles. The number of nitrogens with one attached hydrogen (secondary N) is 1. The van der Waals surface area contributed by atoms with Crippen molar-refractivity contribution < 1.29 is 9.59 Å². The minimum atomic E-state index is -0.745. The maximum atomic E-state index is 12.8. The van der Waals surface area contributed by atoms with Crippen molar-refractivity contribution in [1.29, 1.82) is 0 Å². The van der Waals surface area contributed by atoms with Gasteiger partial charge in [0, 0.05) is 22.6 Å². The van der Waals surface area contributed by atoms with Crippen LogP contribution in [0.2, 0.25) is 0 Å². The Labute approximate surface area is 165 Å². The van der Waals surface area contributed by atoms with Gasteiger partial charge >= 0.3 is 6.03 Å². The summed E-state index contributed by atoms with van der Waals surface area (Å²) in [6.45, 7) is 6.12. The number of hydrogen-bond acceptors (Lipinski definition) is 3. The minimum absolute atomic E-state index is 0.221. The summed E-state index contributed by atoms with van der Waals surface area (Å²) in [5, 5.41) is 8.15. The van der Waals surface area contributed by atoms with Gasteiger partial charge in [-0.05, 0) is 51.8 Å². The quantitative estimate of drug-likeness (QED) is 0.648. The molecule has 2 heterocycles. The fourth-order valence-corrected chi connectivity index (χ4v) is 4.33. The summed E-state index contributed by atoms with van der Waals surface area (Å²) in [4.78, 5) is 25.2. The van der Waals surface area contributed by atoms with E-state index in [4.69, 9.17) is 0 Å². The van der Waals surface area contributed by atoms with E-state index in [1.807, 2.05) is 19.9 Å². The van der Waals surface area contributed by atoms with Gasteiger partial charge in [-0.25, -0.2) is 4.79 Å². The molecule has 1 aromatic heterocycles. The highest BCUT2D eigenvalue weighted by atomic mass is 16.2. The van der Waals surface area contributed by atoms with Crippen molar-refractivity contribution in [3.05, 3.63) is 52.8 Å². The van der Waals surface area contributed by atoms with Gasteiger partial charge in [0.25, 0.3) is 5.91 Å². The van der Waals surface area contributed by atoms with Crippen LogP contribution >= 0.6 is 0 Å². The Morgan fingerprint density at radius 1 is 1.04 bits per heavy atom. The molecule has 2 aromatic rings. The van der Waals surface area contributed by atoms with Crippen LogP contribution in [0.3, 0.4) is 0 Å². The number of aromatic nitrogens is 1. The number of hydrazone groups is 1. The van der Waals surface area contributed by atoms with E-state index in [9.17, 15) is 9.59 Å². The summed E-state index contributed by atoms with van der Waals surface area (Å²) in [5.41, 5.74) is 4.53. The molecule has 4 rings (SSSR count). The van der Waals surface area contributed by atoms with Crippen molar-refractivity contribution in [2.24, 2.45) is 5.10 Å². The summed E-state index contributed by atoms with van der Waals surface area (Å²) < 4.78 is 2.15. The molecule has 1 aliphatic heterocycles. The van der Waals surface area contributed by atoms with Crippen molar-refractivity contribution in [2.45, 2.75) is 58.4 Å². The molecule has 2 aliphatic rings. The molecular formula is C22H26N4O2. The van der Waals surface area contributed by atoms with Crippen molar-refractivity contribution in [1.82, 2.24) is 14.9 Å². The predicted molar refractivity (Wildman–Crippen MR) is 109 cm³/mol. The van der Waals surface area contributed by atoms with E-state index in [-0.39, 0.29) is 5.91 Å². The minimum Gasteiger partial charge on any atom is -0.321 e. The van der Waals surface area contributed by atoms with E-state index in [0.717, 1.165) is 46.9 Å². The van der Waals surface area contributed by atoms with Crippen LogP contribution in [0.15, 0.2) is 35.4 Å². The van der Waals surface area contributed by atoms with Crippen LogP contribution in [0, 0.1) is 20.8 Å². The van der Waals surface area contributed by atoms with Gasteiger partial charge in [-0.2, -0.15) is 5.10 Å². The summed E-state index contributed by atoms with van der Waals surface area (Å²) in [6, 6.07) is 9.93. The third kappa shape index (κ3) is 3.03. The van der Waals surface area contributed by atoms with Gasteiger partial charge in [-0.1, -0.05) is 37.0 Å². The normalized spacial score (nSPS) is 19.0. The Balaban J connectivity index is 1.60. The smallest absolute Gasteiger partial charge is 0.321 e. The number of carbonyl (C=O) groups is 2. The Bertz CT molecular complexity index is 950. The fourth-order valence-electron chi connectivity index (χ4n) is 4.33. The van der Waals surface area contributed by atoms with Crippen molar-refractivity contribution in [3.63, 3.8) is 0 Å².